The van der Waals surface area contributed by atoms with E-state index < -0.39 is 29.8 Å². The molecule has 6 nitrogen and oxygen atoms in total. The van der Waals surface area contributed by atoms with E-state index in [0.29, 0.717) is 34.8 Å². The number of hydrogen-bond donors (Lipinski definition) is 0. The third-order valence-corrected chi connectivity index (χ3v) is 4.58. The molecule has 1 heterocycles. The maximum atomic E-state index is 13.1. The van der Waals surface area contributed by atoms with Gasteiger partial charge in [-0.3, -0.25) is 0 Å². The Balaban J connectivity index is 1.93. The monoisotopic (exact) mass is 462 g/mol. The molecule has 0 N–H and O–H groups in total. The topological polar surface area (TPSA) is 75.0 Å². The van der Waals surface area contributed by atoms with Crippen LogP contribution in [0, 0.1) is 0 Å². The SMILES string of the molecule is C=C(C)C(=O)OCCCc1ccc2c(c1)oc1c(OC(F)(F)F)c(OC(=O)C(=C)C)ccc12. The smallest absolute Gasteiger partial charge is 0.462 e. The van der Waals surface area contributed by atoms with Gasteiger partial charge < -0.3 is 18.6 Å². The number of fused-ring (bicyclic) bond motifs is 3. The van der Waals surface area contributed by atoms with Gasteiger partial charge in [-0.2, -0.15) is 0 Å². The van der Waals surface area contributed by atoms with Crippen LogP contribution in [-0.2, 0) is 20.7 Å². The molecule has 2 aromatic carbocycles. The van der Waals surface area contributed by atoms with Crippen molar-refractivity contribution in [3.05, 3.63) is 60.2 Å². The summed E-state index contributed by atoms with van der Waals surface area (Å²) in [6, 6.07) is 7.91. The second kappa shape index (κ2) is 9.40. The van der Waals surface area contributed by atoms with E-state index >= 15 is 0 Å². The van der Waals surface area contributed by atoms with E-state index in [0.717, 1.165) is 5.56 Å². The van der Waals surface area contributed by atoms with Gasteiger partial charge in [-0.25, -0.2) is 9.59 Å². The normalized spacial score (nSPS) is 11.4. The first-order valence-corrected chi connectivity index (χ1v) is 9.90. The molecule has 1 aromatic heterocycles. The van der Waals surface area contributed by atoms with E-state index in [1.165, 1.54) is 19.1 Å². The largest absolute Gasteiger partial charge is 0.573 e. The summed E-state index contributed by atoms with van der Waals surface area (Å²) < 4.78 is 59.2. The highest BCUT2D eigenvalue weighted by Crippen LogP contribution is 2.43. The number of halogens is 3. The van der Waals surface area contributed by atoms with Crippen molar-refractivity contribution >= 4 is 33.9 Å². The molecule has 0 bridgehead atoms. The van der Waals surface area contributed by atoms with E-state index in [1.54, 1.807) is 25.1 Å². The minimum Gasteiger partial charge on any atom is -0.462 e. The molecule has 0 fully saturated rings. The number of hydrogen-bond acceptors (Lipinski definition) is 6. The molecule has 0 aliphatic heterocycles. The summed E-state index contributed by atoms with van der Waals surface area (Å²) >= 11 is 0. The second-order valence-electron chi connectivity index (χ2n) is 7.44. The Morgan fingerprint density at radius 3 is 2.30 bits per heavy atom. The molecule has 33 heavy (non-hydrogen) atoms. The zero-order valence-electron chi connectivity index (χ0n) is 18.0. The van der Waals surface area contributed by atoms with Gasteiger partial charge in [-0.1, -0.05) is 25.3 Å². The van der Waals surface area contributed by atoms with Crippen LogP contribution in [0.3, 0.4) is 0 Å². The van der Waals surface area contributed by atoms with Crippen molar-refractivity contribution < 1.29 is 41.4 Å². The quantitative estimate of drug-likeness (QED) is 0.176. The van der Waals surface area contributed by atoms with Crippen LogP contribution in [-0.4, -0.2) is 24.9 Å². The van der Waals surface area contributed by atoms with Gasteiger partial charge in [0, 0.05) is 21.9 Å². The van der Waals surface area contributed by atoms with Crippen molar-refractivity contribution in [2.75, 3.05) is 6.61 Å². The van der Waals surface area contributed by atoms with Crippen LogP contribution >= 0.6 is 0 Å². The van der Waals surface area contributed by atoms with Crippen molar-refractivity contribution in [2.45, 2.75) is 33.1 Å². The minimum absolute atomic E-state index is 0.0104. The lowest BCUT2D eigenvalue weighted by molar-refractivity contribution is -0.274. The van der Waals surface area contributed by atoms with Crippen molar-refractivity contribution in [1.82, 2.24) is 0 Å². The Morgan fingerprint density at radius 1 is 1.00 bits per heavy atom. The first-order valence-electron chi connectivity index (χ1n) is 9.90. The Hall–Kier alpha value is -3.75. The number of carbonyl (C=O) groups is 2. The molecule has 0 radical (unpaired) electrons. The number of rotatable bonds is 8. The molecule has 0 unspecified atom stereocenters. The molecule has 0 amide bonds. The molecular weight excluding hydrogens is 441 g/mol. The van der Waals surface area contributed by atoms with E-state index in [2.05, 4.69) is 17.9 Å². The molecule has 0 saturated heterocycles. The molecular formula is C24H21F3O6. The molecule has 3 aromatic rings. The Kier molecular flexibility index (Phi) is 6.81. The predicted octanol–water partition coefficient (Wildman–Crippen LogP) is 6.02. The van der Waals surface area contributed by atoms with E-state index in [4.69, 9.17) is 13.9 Å². The lowest BCUT2D eigenvalue weighted by atomic mass is 10.1. The zero-order chi connectivity index (χ0) is 24.3. The van der Waals surface area contributed by atoms with E-state index in [1.807, 2.05) is 0 Å². The second-order valence-corrected chi connectivity index (χ2v) is 7.44. The number of furan rings is 1. The fourth-order valence-electron chi connectivity index (χ4n) is 3.04. The van der Waals surface area contributed by atoms with Gasteiger partial charge in [0.05, 0.1) is 6.61 Å². The highest BCUT2D eigenvalue weighted by Gasteiger charge is 2.35. The predicted molar refractivity (Wildman–Crippen MR) is 115 cm³/mol. The summed E-state index contributed by atoms with van der Waals surface area (Å²) in [5.41, 5.74) is 1.28. The Labute approximate surface area is 187 Å². The van der Waals surface area contributed by atoms with Crippen molar-refractivity contribution in [1.29, 1.82) is 0 Å². The molecule has 9 heteroatoms. The van der Waals surface area contributed by atoms with Crippen LogP contribution in [0.15, 0.2) is 59.1 Å². The van der Waals surface area contributed by atoms with Crippen molar-refractivity contribution in [3.8, 4) is 11.5 Å². The van der Waals surface area contributed by atoms with Crippen LogP contribution < -0.4 is 9.47 Å². The average Bonchev–Trinajstić information content (AvgIpc) is 3.09. The number of ether oxygens (including phenoxy) is 3. The minimum atomic E-state index is -5.04. The lowest BCUT2D eigenvalue weighted by Gasteiger charge is -2.13. The van der Waals surface area contributed by atoms with E-state index in [9.17, 15) is 22.8 Å². The van der Waals surface area contributed by atoms with Gasteiger partial charge >= 0.3 is 18.3 Å². The molecule has 0 aliphatic rings. The van der Waals surface area contributed by atoms with Crippen molar-refractivity contribution in [2.24, 2.45) is 0 Å². The lowest BCUT2D eigenvalue weighted by Crippen LogP contribution is -2.18. The van der Waals surface area contributed by atoms with Gasteiger partial charge in [0.2, 0.25) is 5.75 Å². The van der Waals surface area contributed by atoms with Crippen molar-refractivity contribution in [3.63, 3.8) is 0 Å². The van der Waals surface area contributed by atoms with Gasteiger partial charge in [0.25, 0.3) is 0 Å². The van der Waals surface area contributed by atoms with Crippen LogP contribution in [0.5, 0.6) is 11.5 Å². The highest BCUT2D eigenvalue weighted by molar-refractivity contribution is 6.08. The maximum Gasteiger partial charge on any atom is 0.573 e. The number of benzene rings is 2. The summed E-state index contributed by atoms with van der Waals surface area (Å²) in [6.07, 6.45) is -3.96. The molecule has 174 valence electrons. The maximum absolute atomic E-state index is 13.1. The molecule has 0 saturated carbocycles. The zero-order valence-corrected chi connectivity index (χ0v) is 18.0. The third-order valence-electron chi connectivity index (χ3n) is 4.58. The standard InChI is InChI=1S/C24H21F3O6/c1-13(2)22(28)30-11-5-6-15-7-8-16-17-9-10-18(32-23(29)14(3)4)21(33-24(25,26)27)20(17)31-19(16)12-15/h7-10,12H,1,3,5-6,11H2,2,4H3. The van der Waals surface area contributed by atoms with Gasteiger partial charge in [-0.05, 0) is 50.5 Å². The highest BCUT2D eigenvalue weighted by atomic mass is 19.4. The molecule has 0 aliphatic carbocycles. The molecule has 0 atom stereocenters. The summed E-state index contributed by atoms with van der Waals surface area (Å²) in [5.74, 6) is -2.55. The Morgan fingerprint density at radius 2 is 1.67 bits per heavy atom. The number of aryl methyl sites for hydroxylation is 1. The molecule has 3 rings (SSSR count). The summed E-state index contributed by atoms with van der Waals surface area (Å²) in [6.45, 7) is 10.0. The first kappa shape index (κ1) is 23.9. The van der Waals surface area contributed by atoms with Gasteiger partial charge in [0.15, 0.2) is 11.3 Å². The summed E-state index contributed by atoms with van der Waals surface area (Å²) in [7, 11) is 0. The van der Waals surface area contributed by atoms with E-state index in [-0.39, 0.29) is 17.8 Å². The number of carbonyl (C=O) groups excluding carboxylic acids is 2. The number of esters is 2. The summed E-state index contributed by atoms with van der Waals surface area (Å²) in [4.78, 5) is 23.3. The average molecular weight is 462 g/mol. The number of alkyl halides is 3. The summed E-state index contributed by atoms with van der Waals surface area (Å²) in [5, 5.41) is 0.925. The van der Waals surface area contributed by atoms with Gasteiger partial charge in [0.1, 0.15) is 5.58 Å². The fourth-order valence-corrected chi connectivity index (χ4v) is 3.04. The third kappa shape index (κ3) is 5.74. The van der Waals surface area contributed by atoms with Crippen LogP contribution in [0.2, 0.25) is 0 Å². The van der Waals surface area contributed by atoms with Crippen LogP contribution in [0.1, 0.15) is 25.8 Å². The van der Waals surface area contributed by atoms with Crippen LogP contribution in [0.25, 0.3) is 21.9 Å². The Bertz CT molecular complexity index is 1250. The molecule has 0 spiro atoms. The first-order chi connectivity index (χ1) is 15.5. The fraction of sp³-hybridized carbons (Fsp3) is 0.250. The van der Waals surface area contributed by atoms with Crippen LogP contribution in [0.4, 0.5) is 13.2 Å². The van der Waals surface area contributed by atoms with Gasteiger partial charge in [-0.15, -0.1) is 13.2 Å².